The highest BCUT2D eigenvalue weighted by molar-refractivity contribution is 4.96. The summed E-state index contributed by atoms with van der Waals surface area (Å²) in [6.07, 6.45) is -0.111. The minimum atomic E-state index is -0.111. The first kappa shape index (κ1) is 14.2. The van der Waals surface area contributed by atoms with Gasteiger partial charge in [-0.25, -0.2) is 4.98 Å². The van der Waals surface area contributed by atoms with Gasteiger partial charge in [0, 0.05) is 19.0 Å². The zero-order chi connectivity index (χ0) is 14.8. The Bertz CT molecular complexity index is 593. The second-order valence-electron chi connectivity index (χ2n) is 5.58. The van der Waals surface area contributed by atoms with Gasteiger partial charge in [-0.3, -0.25) is 10.00 Å². The minimum absolute atomic E-state index is 0.111. The summed E-state index contributed by atoms with van der Waals surface area (Å²) < 4.78 is 11.0. The van der Waals surface area contributed by atoms with Gasteiger partial charge in [-0.05, 0) is 6.92 Å². The monoisotopic (exact) mass is 292 g/mol. The number of aromatic nitrogens is 5. The maximum absolute atomic E-state index is 5.74. The number of nitrogens with one attached hydrogen (secondary N) is 1. The average molecular weight is 292 g/mol. The summed E-state index contributed by atoms with van der Waals surface area (Å²) in [5.41, 5.74) is 0. The quantitative estimate of drug-likeness (QED) is 0.904. The van der Waals surface area contributed by atoms with Gasteiger partial charge in [-0.2, -0.15) is 10.1 Å². The molecule has 0 radical (unpaired) electrons. The molecule has 1 fully saturated rings. The molecule has 1 aliphatic rings. The Morgan fingerprint density at radius 1 is 1.38 bits per heavy atom. The molecule has 114 valence electrons. The van der Waals surface area contributed by atoms with E-state index in [0.29, 0.717) is 30.7 Å². The standard InChI is InChI=1S/C13H20N6O2/c1-8(2)13-15-11(18-21-13)7-19-4-5-20-10(6-19)12-14-9(3)16-17-12/h8,10H,4-7H2,1-3H3,(H,14,16,17). The molecule has 0 bridgehead atoms. The van der Waals surface area contributed by atoms with Crippen molar-refractivity contribution < 1.29 is 9.26 Å². The topological polar surface area (TPSA) is 93.0 Å². The van der Waals surface area contributed by atoms with E-state index in [9.17, 15) is 0 Å². The molecule has 3 rings (SSSR count). The highest BCUT2D eigenvalue weighted by Gasteiger charge is 2.26. The Morgan fingerprint density at radius 3 is 2.90 bits per heavy atom. The number of aromatic amines is 1. The van der Waals surface area contributed by atoms with Crippen LogP contribution in [0, 0.1) is 6.92 Å². The Morgan fingerprint density at radius 2 is 2.24 bits per heavy atom. The van der Waals surface area contributed by atoms with Gasteiger partial charge < -0.3 is 9.26 Å². The van der Waals surface area contributed by atoms with Crippen LogP contribution < -0.4 is 0 Å². The summed E-state index contributed by atoms with van der Waals surface area (Å²) >= 11 is 0. The van der Waals surface area contributed by atoms with E-state index < -0.39 is 0 Å². The number of hydrogen-bond acceptors (Lipinski definition) is 7. The van der Waals surface area contributed by atoms with Crippen molar-refractivity contribution in [2.45, 2.75) is 39.3 Å². The molecular formula is C13H20N6O2. The van der Waals surface area contributed by atoms with E-state index in [1.165, 1.54) is 0 Å². The van der Waals surface area contributed by atoms with Crippen LogP contribution in [0.3, 0.4) is 0 Å². The molecule has 1 unspecified atom stereocenters. The summed E-state index contributed by atoms with van der Waals surface area (Å²) in [5, 5.41) is 11.0. The summed E-state index contributed by atoms with van der Waals surface area (Å²) in [7, 11) is 0. The normalized spacial score (nSPS) is 20.3. The van der Waals surface area contributed by atoms with Crippen LogP contribution in [0.1, 0.15) is 49.2 Å². The van der Waals surface area contributed by atoms with E-state index in [4.69, 9.17) is 9.26 Å². The van der Waals surface area contributed by atoms with E-state index >= 15 is 0 Å². The molecule has 1 N–H and O–H groups in total. The highest BCUT2D eigenvalue weighted by Crippen LogP contribution is 2.20. The molecule has 2 aromatic rings. The zero-order valence-corrected chi connectivity index (χ0v) is 12.5. The largest absolute Gasteiger partial charge is 0.367 e. The predicted molar refractivity (Wildman–Crippen MR) is 73.5 cm³/mol. The van der Waals surface area contributed by atoms with Crippen LogP contribution in [-0.2, 0) is 11.3 Å². The first-order valence-corrected chi connectivity index (χ1v) is 7.17. The van der Waals surface area contributed by atoms with Gasteiger partial charge in [-0.1, -0.05) is 19.0 Å². The third kappa shape index (κ3) is 3.27. The number of H-pyrrole nitrogens is 1. The van der Waals surface area contributed by atoms with Crippen LogP contribution in [-0.4, -0.2) is 49.9 Å². The molecule has 1 aliphatic heterocycles. The number of nitrogens with zero attached hydrogens (tertiary/aromatic N) is 5. The lowest BCUT2D eigenvalue weighted by Crippen LogP contribution is -2.38. The summed E-state index contributed by atoms with van der Waals surface area (Å²) in [4.78, 5) is 11.0. The van der Waals surface area contributed by atoms with Crippen molar-refractivity contribution >= 4 is 0 Å². The minimum Gasteiger partial charge on any atom is -0.367 e. The lowest BCUT2D eigenvalue weighted by molar-refractivity contribution is -0.0379. The number of morpholine rings is 1. The van der Waals surface area contributed by atoms with Gasteiger partial charge in [0.25, 0.3) is 0 Å². The molecular weight excluding hydrogens is 272 g/mol. The fourth-order valence-electron chi connectivity index (χ4n) is 2.27. The van der Waals surface area contributed by atoms with Crippen LogP contribution >= 0.6 is 0 Å². The van der Waals surface area contributed by atoms with Crippen molar-refractivity contribution in [3.05, 3.63) is 23.4 Å². The molecule has 0 aromatic carbocycles. The predicted octanol–water partition coefficient (Wildman–Crippen LogP) is 1.19. The molecule has 0 aliphatic carbocycles. The third-order valence-corrected chi connectivity index (χ3v) is 3.40. The van der Waals surface area contributed by atoms with E-state index in [0.717, 1.165) is 18.9 Å². The Balaban J connectivity index is 1.63. The summed E-state index contributed by atoms with van der Waals surface area (Å²) in [5.74, 6) is 3.14. The van der Waals surface area contributed by atoms with Crippen molar-refractivity contribution in [2.24, 2.45) is 0 Å². The van der Waals surface area contributed by atoms with Crippen LogP contribution in [0.25, 0.3) is 0 Å². The van der Waals surface area contributed by atoms with Gasteiger partial charge in [0.05, 0.1) is 13.2 Å². The first-order chi connectivity index (χ1) is 10.1. The van der Waals surface area contributed by atoms with Crippen molar-refractivity contribution in [3.63, 3.8) is 0 Å². The zero-order valence-electron chi connectivity index (χ0n) is 12.5. The van der Waals surface area contributed by atoms with Crippen molar-refractivity contribution in [3.8, 4) is 0 Å². The van der Waals surface area contributed by atoms with Crippen molar-refractivity contribution in [2.75, 3.05) is 19.7 Å². The van der Waals surface area contributed by atoms with E-state index in [2.05, 4.69) is 30.2 Å². The molecule has 21 heavy (non-hydrogen) atoms. The van der Waals surface area contributed by atoms with Crippen LogP contribution in [0.4, 0.5) is 0 Å². The molecule has 3 heterocycles. The number of hydrogen-bond donors (Lipinski definition) is 1. The second kappa shape index (κ2) is 5.90. The third-order valence-electron chi connectivity index (χ3n) is 3.40. The van der Waals surface area contributed by atoms with E-state index in [1.807, 2.05) is 20.8 Å². The van der Waals surface area contributed by atoms with Gasteiger partial charge in [0.1, 0.15) is 11.9 Å². The molecule has 2 aromatic heterocycles. The average Bonchev–Trinajstić information content (AvgIpc) is 3.08. The maximum Gasteiger partial charge on any atom is 0.229 e. The van der Waals surface area contributed by atoms with Gasteiger partial charge >= 0.3 is 0 Å². The van der Waals surface area contributed by atoms with Crippen molar-refractivity contribution in [1.82, 2.24) is 30.2 Å². The Kier molecular flexibility index (Phi) is 3.98. The van der Waals surface area contributed by atoms with E-state index in [1.54, 1.807) is 0 Å². The van der Waals surface area contributed by atoms with E-state index in [-0.39, 0.29) is 12.0 Å². The lowest BCUT2D eigenvalue weighted by atomic mass is 10.2. The highest BCUT2D eigenvalue weighted by atomic mass is 16.5. The van der Waals surface area contributed by atoms with Crippen LogP contribution in [0.5, 0.6) is 0 Å². The molecule has 0 saturated carbocycles. The lowest BCUT2D eigenvalue weighted by Gasteiger charge is -2.30. The fourth-order valence-corrected chi connectivity index (χ4v) is 2.27. The number of ether oxygens (including phenoxy) is 1. The van der Waals surface area contributed by atoms with Crippen molar-refractivity contribution in [1.29, 1.82) is 0 Å². The smallest absolute Gasteiger partial charge is 0.229 e. The fraction of sp³-hybridized carbons (Fsp3) is 0.692. The number of rotatable bonds is 4. The molecule has 8 nitrogen and oxygen atoms in total. The van der Waals surface area contributed by atoms with Gasteiger partial charge in [0.15, 0.2) is 11.6 Å². The Labute approximate surface area is 122 Å². The number of aryl methyl sites for hydroxylation is 1. The SMILES string of the molecule is Cc1nc(C2CN(Cc3noc(C(C)C)n3)CCO2)n[nH]1. The Hall–Kier alpha value is -1.80. The molecule has 1 saturated heterocycles. The molecule has 0 spiro atoms. The van der Waals surface area contributed by atoms with Gasteiger partial charge in [-0.15, -0.1) is 0 Å². The summed E-state index contributed by atoms with van der Waals surface area (Å²) in [6, 6.07) is 0. The maximum atomic E-state index is 5.74. The molecule has 0 amide bonds. The van der Waals surface area contributed by atoms with Crippen LogP contribution in [0.15, 0.2) is 4.52 Å². The molecule has 1 atom stereocenters. The second-order valence-corrected chi connectivity index (χ2v) is 5.58. The first-order valence-electron chi connectivity index (χ1n) is 7.17. The summed E-state index contributed by atoms with van der Waals surface area (Å²) in [6.45, 7) is 8.81. The van der Waals surface area contributed by atoms with Crippen LogP contribution in [0.2, 0.25) is 0 Å². The molecule has 8 heteroatoms. The van der Waals surface area contributed by atoms with Gasteiger partial charge in [0.2, 0.25) is 5.89 Å².